The summed E-state index contributed by atoms with van der Waals surface area (Å²) in [4.78, 5) is 26.2. The molecule has 1 unspecified atom stereocenters. The Bertz CT molecular complexity index is 548. The first-order valence-electron chi connectivity index (χ1n) is 8.92. The number of hydrogen-bond donors (Lipinski definition) is 2. The van der Waals surface area contributed by atoms with Crippen LogP contribution in [0.1, 0.15) is 43.2 Å². The van der Waals surface area contributed by atoms with Crippen LogP contribution in [-0.4, -0.2) is 42.4 Å². The van der Waals surface area contributed by atoms with Gasteiger partial charge >= 0.3 is 0 Å². The van der Waals surface area contributed by atoms with Gasteiger partial charge in [-0.2, -0.15) is 0 Å². The number of hydrogen-bond acceptors (Lipinski definition) is 3. The molecule has 0 saturated carbocycles. The standard InChI is InChI=1S/C19H29N3O2.ClH/c1-15-5-7-16(8-6-15)9-10-19(24)22-13-3-2-4-17(22)14-21-18(23)11-12-20;/h5-8,17H,2-4,9-14,20H2,1H3,(H,21,23);1H. The van der Waals surface area contributed by atoms with Crippen LogP contribution < -0.4 is 11.1 Å². The minimum atomic E-state index is -0.0323. The van der Waals surface area contributed by atoms with Crippen LogP contribution in [0, 0.1) is 6.92 Å². The molecule has 1 atom stereocenters. The maximum atomic E-state index is 12.6. The van der Waals surface area contributed by atoms with Crippen LogP contribution in [0.5, 0.6) is 0 Å². The van der Waals surface area contributed by atoms with Gasteiger partial charge in [0.25, 0.3) is 0 Å². The predicted octanol–water partition coefficient (Wildman–Crippen LogP) is 2.20. The predicted molar refractivity (Wildman–Crippen MR) is 103 cm³/mol. The Morgan fingerprint density at radius 1 is 1.20 bits per heavy atom. The smallest absolute Gasteiger partial charge is 0.223 e. The minimum Gasteiger partial charge on any atom is -0.354 e. The number of carbonyl (C=O) groups excluding carboxylic acids is 2. The van der Waals surface area contributed by atoms with Gasteiger partial charge in [0.15, 0.2) is 0 Å². The molecule has 1 heterocycles. The minimum absolute atomic E-state index is 0. The summed E-state index contributed by atoms with van der Waals surface area (Å²) < 4.78 is 0. The van der Waals surface area contributed by atoms with E-state index < -0.39 is 0 Å². The van der Waals surface area contributed by atoms with Gasteiger partial charge in [-0.05, 0) is 38.2 Å². The lowest BCUT2D eigenvalue weighted by atomic mass is 10.0. The molecule has 1 aromatic carbocycles. The van der Waals surface area contributed by atoms with Crippen LogP contribution in [0.4, 0.5) is 0 Å². The average Bonchev–Trinajstić information content (AvgIpc) is 2.60. The van der Waals surface area contributed by atoms with Gasteiger partial charge in [0.2, 0.25) is 11.8 Å². The van der Waals surface area contributed by atoms with Crippen LogP contribution in [0.15, 0.2) is 24.3 Å². The maximum Gasteiger partial charge on any atom is 0.223 e. The number of nitrogens with one attached hydrogen (secondary N) is 1. The third-order valence-electron chi connectivity index (χ3n) is 4.60. The van der Waals surface area contributed by atoms with Crippen molar-refractivity contribution in [2.45, 2.75) is 51.5 Å². The van der Waals surface area contributed by atoms with Crippen molar-refractivity contribution in [1.29, 1.82) is 0 Å². The normalized spacial score (nSPS) is 16.9. The van der Waals surface area contributed by atoms with Crippen molar-refractivity contribution < 1.29 is 9.59 Å². The molecule has 1 fully saturated rings. The molecule has 6 heteroatoms. The zero-order chi connectivity index (χ0) is 17.4. The zero-order valence-corrected chi connectivity index (χ0v) is 15.8. The van der Waals surface area contributed by atoms with Crippen molar-refractivity contribution in [3.63, 3.8) is 0 Å². The van der Waals surface area contributed by atoms with Crippen LogP contribution in [0.2, 0.25) is 0 Å². The Hall–Kier alpha value is -1.59. The van der Waals surface area contributed by atoms with E-state index in [4.69, 9.17) is 5.73 Å². The lowest BCUT2D eigenvalue weighted by molar-refractivity contribution is -0.135. The summed E-state index contributed by atoms with van der Waals surface area (Å²) in [6.07, 6.45) is 4.74. The fourth-order valence-corrected chi connectivity index (χ4v) is 3.14. The first-order chi connectivity index (χ1) is 11.6. The van der Waals surface area contributed by atoms with Gasteiger partial charge in [-0.3, -0.25) is 9.59 Å². The first kappa shape index (κ1) is 21.5. The van der Waals surface area contributed by atoms with E-state index in [1.165, 1.54) is 11.1 Å². The summed E-state index contributed by atoms with van der Waals surface area (Å²) in [6, 6.07) is 8.45. The Kier molecular flexibility index (Phi) is 9.53. The average molecular weight is 368 g/mol. The Morgan fingerprint density at radius 2 is 1.92 bits per heavy atom. The molecule has 1 saturated heterocycles. The summed E-state index contributed by atoms with van der Waals surface area (Å²) in [7, 11) is 0. The molecule has 0 bridgehead atoms. The maximum absolute atomic E-state index is 12.6. The molecule has 0 aromatic heterocycles. The number of halogens is 1. The monoisotopic (exact) mass is 367 g/mol. The van der Waals surface area contributed by atoms with Crippen LogP contribution in [0.3, 0.4) is 0 Å². The topological polar surface area (TPSA) is 75.4 Å². The van der Waals surface area contributed by atoms with Gasteiger partial charge in [-0.1, -0.05) is 29.8 Å². The fraction of sp³-hybridized carbons (Fsp3) is 0.579. The number of nitrogens with two attached hydrogens (primary N) is 1. The van der Waals surface area contributed by atoms with Crippen molar-refractivity contribution >= 4 is 24.2 Å². The van der Waals surface area contributed by atoms with Crippen molar-refractivity contribution in [3.05, 3.63) is 35.4 Å². The number of nitrogens with zero attached hydrogens (tertiary/aromatic N) is 1. The van der Waals surface area contributed by atoms with Gasteiger partial charge in [-0.15, -0.1) is 12.4 Å². The zero-order valence-electron chi connectivity index (χ0n) is 15.0. The molecule has 25 heavy (non-hydrogen) atoms. The number of piperidine rings is 1. The molecular weight excluding hydrogens is 338 g/mol. The summed E-state index contributed by atoms with van der Waals surface area (Å²) >= 11 is 0. The number of amides is 2. The van der Waals surface area contributed by atoms with Gasteiger partial charge in [0.1, 0.15) is 0 Å². The molecule has 1 aliphatic heterocycles. The molecule has 140 valence electrons. The molecular formula is C19H30ClN3O2. The second kappa shape index (κ2) is 11.1. The molecule has 3 N–H and O–H groups in total. The van der Waals surface area contributed by atoms with Gasteiger partial charge in [0.05, 0.1) is 0 Å². The highest BCUT2D eigenvalue weighted by atomic mass is 35.5. The van der Waals surface area contributed by atoms with E-state index in [9.17, 15) is 9.59 Å². The van der Waals surface area contributed by atoms with Crippen molar-refractivity contribution in [2.24, 2.45) is 5.73 Å². The van der Waals surface area contributed by atoms with Crippen molar-refractivity contribution in [2.75, 3.05) is 19.6 Å². The Morgan fingerprint density at radius 3 is 2.60 bits per heavy atom. The summed E-state index contributed by atoms with van der Waals surface area (Å²) in [5.74, 6) is 0.156. The number of aryl methyl sites for hydroxylation is 2. The molecule has 0 aliphatic carbocycles. The molecule has 2 amide bonds. The highest BCUT2D eigenvalue weighted by molar-refractivity contribution is 5.85. The van der Waals surface area contributed by atoms with E-state index in [2.05, 4.69) is 36.5 Å². The first-order valence-corrected chi connectivity index (χ1v) is 8.92. The van der Waals surface area contributed by atoms with Gasteiger partial charge in [-0.25, -0.2) is 0 Å². The Balaban J connectivity index is 0.00000312. The van der Waals surface area contributed by atoms with E-state index in [1.807, 2.05) is 4.90 Å². The van der Waals surface area contributed by atoms with E-state index >= 15 is 0 Å². The van der Waals surface area contributed by atoms with E-state index in [-0.39, 0.29) is 30.3 Å². The molecule has 1 aliphatic rings. The van der Waals surface area contributed by atoms with Gasteiger partial charge in [0, 0.05) is 38.5 Å². The van der Waals surface area contributed by atoms with Crippen molar-refractivity contribution in [1.82, 2.24) is 10.2 Å². The third-order valence-corrected chi connectivity index (χ3v) is 4.60. The van der Waals surface area contributed by atoms with Crippen molar-refractivity contribution in [3.8, 4) is 0 Å². The number of likely N-dealkylation sites (tertiary alicyclic amines) is 1. The Labute approximate surface area is 156 Å². The lowest BCUT2D eigenvalue weighted by Gasteiger charge is -2.36. The van der Waals surface area contributed by atoms with Crippen LogP contribution in [-0.2, 0) is 16.0 Å². The molecule has 0 radical (unpaired) electrons. The largest absolute Gasteiger partial charge is 0.354 e. The second-order valence-corrected chi connectivity index (χ2v) is 6.57. The summed E-state index contributed by atoms with van der Waals surface area (Å²) in [6.45, 7) is 3.75. The summed E-state index contributed by atoms with van der Waals surface area (Å²) in [5, 5.41) is 2.91. The molecule has 0 spiro atoms. The highest BCUT2D eigenvalue weighted by Crippen LogP contribution is 2.18. The highest BCUT2D eigenvalue weighted by Gasteiger charge is 2.26. The van der Waals surface area contributed by atoms with E-state index in [0.717, 1.165) is 32.2 Å². The lowest BCUT2D eigenvalue weighted by Crippen LogP contribution is -2.49. The SMILES string of the molecule is Cc1ccc(CCC(=O)N2CCCCC2CNC(=O)CCN)cc1.Cl. The number of benzene rings is 1. The number of carbonyl (C=O) groups is 2. The van der Waals surface area contributed by atoms with Crippen LogP contribution >= 0.6 is 12.4 Å². The van der Waals surface area contributed by atoms with E-state index in [0.29, 0.717) is 25.9 Å². The molecule has 2 rings (SSSR count). The fourth-order valence-electron chi connectivity index (χ4n) is 3.14. The van der Waals surface area contributed by atoms with E-state index in [1.54, 1.807) is 0 Å². The third kappa shape index (κ3) is 7.04. The van der Waals surface area contributed by atoms with Gasteiger partial charge < -0.3 is 16.0 Å². The molecule has 1 aromatic rings. The van der Waals surface area contributed by atoms with Crippen LogP contribution in [0.25, 0.3) is 0 Å². The molecule has 5 nitrogen and oxygen atoms in total. The second-order valence-electron chi connectivity index (χ2n) is 6.57. The number of rotatable bonds is 7. The quantitative estimate of drug-likeness (QED) is 0.775. The summed E-state index contributed by atoms with van der Waals surface area (Å²) in [5.41, 5.74) is 7.82.